The first-order valence-corrected chi connectivity index (χ1v) is 21.2. The first-order chi connectivity index (χ1) is 26.0. The van der Waals surface area contributed by atoms with Crippen molar-refractivity contribution in [3.8, 4) is 0 Å². The molecule has 3 saturated carbocycles. The molecule has 13 nitrogen and oxygen atoms in total. The van der Waals surface area contributed by atoms with Crippen molar-refractivity contribution in [1.82, 2.24) is 0 Å². The minimum Gasteiger partial charge on any atom is -0.394 e. The lowest BCUT2D eigenvalue weighted by Crippen LogP contribution is -2.53. The summed E-state index contributed by atoms with van der Waals surface area (Å²) in [4.78, 5) is 0. The van der Waals surface area contributed by atoms with E-state index in [-0.39, 0.29) is 41.1 Å². The highest BCUT2D eigenvalue weighted by molar-refractivity contribution is 5.39. The zero-order chi connectivity index (χ0) is 40.1. The van der Waals surface area contributed by atoms with E-state index in [1.165, 1.54) is 18.3 Å². The van der Waals surface area contributed by atoms with Crippen molar-refractivity contribution in [2.45, 2.75) is 185 Å². The molecule has 318 valence electrons. The van der Waals surface area contributed by atoms with Crippen molar-refractivity contribution in [3.63, 3.8) is 0 Å². The van der Waals surface area contributed by atoms with Crippen molar-refractivity contribution in [3.05, 3.63) is 11.1 Å². The minimum absolute atomic E-state index is 0.0125. The van der Waals surface area contributed by atoms with Gasteiger partial charge in [-0.3, -0.25) is 0 Å². The maximum atomic E-state index is 11.2. The van der Waals surface area contributed by atoms with Crippen LogP contribution in [0.25, 0.3) is 0 Å². The van der Waals surface area contributed by atoms with E-state index in [4.69, 9.17) is 23.7 Å². The average Bonchev–Trinajstić information content (AvgIpc) is 3.71. The first-order valence-electron chi connectivity index (χ1n) is 21.2. The lowest BCUT2D eigenvalue weighted by atomic mass is 9.48. The quantitative estimate of drug-likeness (QED) is 0.113. The van der Waals surface area contributed by atoms with Crippen LogP contribution in [0.5, 0.6) is 0 Å². The van der Waals surface area contributed by atoms with Gasteiger partial charge in [0.1, 0.15) is 48.8 Å². The normalized spacial score (nSPS) is 46.7. The molecule has 5 fully saturated rings. The maximum Gasteiger partial charge on any atom is 0.187 e. The molecular weight excluding hydrogens is 712 g/mol. The molecule has 2 heterocycles. The highest BCUT2D eigenvalue weighted by Crippen LogP contribution is 2.67. The Kier molecular flexibility index (Phi) is 13.9. The molecule has 55 heavy (non-hydrogen) atoms. The molecule has 20 atom stereocenters. The minimum atomic E-state index is -1.43. The Balaban J connectivity index is 1.39. The van der Waals surface area contributed by atoms with Gasteiger partial charge in [0.2, 0.25) is 0 Å². The molecule has 0 bridgehead atoms. The second kappa shape index (κ2) is 17.4. The van der Waals surface area contributed by atoms with Crippen molar-refractivity contribution >= 4 is 0 Å². The Labute approximate surface area is 327 Å². The van der Waals surface area contributed by atoms with Crippen molar-refractivity contribution in [2.24, 2.45) is 46.3 Å². The highest BCUT2D eigenvalue weighted by atomic mass is 16.7. The van der Waals surface area contributed by atoms with Crippen molar-refractivity contribution in [1.29, 1.82) is 0 Å². The van der Waals surface area contributed by atoms with Gasteiger partial charge in [-0.1, -0.05) is 60.0 Å². The van der Waals surface area contributed by atoms with E-state index < -0.39 is 86.3 Å². The topological polar surface area (TPSA) is 208 Å². The van der Waals surface area contributed by atoms with E-state index in [0.29, 0.717) is 31.1 Å². The zero-order valence-electron chi connectivity index (χ0n) is 34.1. The van der Waals surface area contributed by atoms with Gasteiger partial charge in [-0.15, -0.1) is 0 Å². The maximum absolute atomic E-state index is 11.2. The summed E-state index contributed by atoms with van der Waals surface area (Å²) >= 11 is 0. The molecule has 6 rings (SSSR count). The Morgan fingerprint density at radius 2 is 1.45 bits per heavy atom. The molecule has 0 aromatic rings. The van der Waals surface area contributed by atoms with Crippen molar-refractivity contribution in [2.75, 3.05) is 20.3 Å². The summed E-state index contributed by atoms with van der Waals surface area (Å²) in [6.45, 7) is 13.1. The summed E-state index contributed by atoms with van der Waals surface area (Å²) in [5.41, 5.74) is 1.99. The van der Waals surface area contributed by atoms with Gasteiger partial charge in [-0.25, -0.2) is 0 Å². The molecule has 6 aliphatic rings. The summed E-state index contributed by atoms with van der Waals surface area (Å²) in [6.07, 6.45) is -5.82. The summed E-state index contributed by atoms with van der Waals surface area (Å²) in [5, 5.41) is 85.7. The van der Waals surface area contributed by atoms with Crippen LogP contribution in [0.1, 0.15) is 106 Å². The fraction of sp³-hybridized carbons (Fsp3) is 0.952. The van der Waals surface area contributed by atoms with Gasteiger partial charge >= 0.3 is 0 Å². The van der Waals surface area contributed by atoms with Crippen LogP contribution in [-0.4, -0.2) is 141 Å². The summed E-state index contributed by atoms with van der Waals surface area (Å²) in [6, 6.07) is 0. The van der Waals surface area contributed by atoms with E-state index in [2.05, 4.69) is 41.5 Å². The lowest BCUT2D eigenvalue weighted by molar-refractivity contribution is -0.214. The molecule has 4 aliphatic carbocycles. The first kappa shape index (κ1) is 43.8. The van der Waals surface area contributed by atoms with E-state index >= 15 is 0 Å². The number of aliphatic hydroxyl groups is 8. The third-order valence-electron chi connectivity index (χ3n) is 15.5. The third-order valence-corrected chi connectivity index (χ3v) is 15.5. The largest absolute Gasteiger partial charge is 0.394 e. The Bertz CT molecular complexity index is 1310. The summed E-state index contributed by atoms with van der Waals surface area (Å²) in [5.74, 6) is 1.65. The zero-order valence-corrected chi connectivity index (χ0v) is 34.1. The average molecular weight is 785 g/mol. The van der Waals surface area contributed by atoms with Crippen LogP contribution >= 0.6 is 0 Å². The number of rotatable bonds is 15. The monoisotopic (exact) mass is 784 g/mol. The van der Waals surface area contributed by atoms with Gasteiger partial charge in [-0.2, -0.15) is 0 Å². The number of fused-ring (bicyclic) bond motifs is 4. The van der Waals surface area contributed by atoms with E-state index in [1.807, 2.05) is 0 Å². The van der Waals surface area contributed by atoms with Gasteiger partial charge in [0.25, 0.3) is 0 Å². The smallest absolute Gasteiger partial charge is 0.187 e. The molecule has 2 saturated heterocycles. The second-order valence-corrected chi connectivity index (χ2v) is 19.0. The van der Waals surface area contributed by atoms with Gasteiger partial charge in [0.15, 0.2) is 12.6 Å². The van der Waals surface area contributed by atoms with Crippen LogP contribution in [0.4, 0.5) is 0 Å². The number of aliphatic hydroxyl groups excluding tert-OH is 8. The molecule has 8 N–H and O–H groups in total. The van der Waals surface area contributed by atoms with Crippen LogP contribution in [0.3, 0.4) is 0 Å². The van der Waals surface area contributed by atoms with Crippen LogP contribution in [0, 0.1) is 46.3 Å². The van der Waals surface area contributed by atoms with E-state index in [0.717, 1.165) is 44.9 Å². The predicted molar refractivity (Wildman–Crippen MR) is 201 cm³/mol. The molecule has 0 aromatic heterocycles. The standard InChI is InChI=1S/C42H72O13/c1-8-22(20(2)3)10-9-21(4)32-30(53-40-35(49)33(47)37(54-40)27(45)18-43)17-26-31-25(12-14-42(26,32)6)41(5)13-11-24(44)15-23(41)16-29(31)52-39-36(50)34(48)38(55-39)28(46)19-51-7/h20-25,27-30,32-40,43-50H,8-19H2,1-7H3. The molecule has 0 radical (unpaired) electrons. The molecule has 13 heteroatoms. The van der Waals surface area contributed by atoms with Crippen LogP contribution in [-0.2, 0) is 23.7 Å². The Hall–Kier alpha value is -0.780. The number of hydrogen-bond donors (Lipinski definition) is 8. The molecule has 0 aromatic carbocycles. The fourth-order valence-corrected chi connectivity index (χ4v) is 12.3. The Morgan fingerprint density at radius 3 is 2.05 bits per heavy atom. The van der Waals surface area contributed by atoms with Crippen LogP contribution in [0.15, 0.2) is 11.1 Å². The van der Waals surface area contributed by atoms with Crippen LogP contribution < -0.4 is 0 Å². The molecule has 20 unspecified atom stereocenters. The summed E-state index contributed by atoms with van der Waals surface area (Å²) < 4.78 is 30.7. The third kappa shape index (κ3) is 8.11. The number of ether oxygens (including phenoxy) is 5. The van der Waals surface area contributed by atoms with E-state index in [9.17, 15) is 40.9 Å². The Morgan fingerprint density at radius 1 is 0.818 bits per heavy atom. The van der Waals surface area contributed by atoms with Gasteiger partial charge < -0.3 is 64.5 Å². The molecule has 0 amide bonds. The van der Waals surface area contributed by atoms with Crippen molar-refractivity contribution < 1.29 is 64.5 Å². The fourth-order valence-electron chi connectivity index (χ4n) is 12.3. The molecule has 0 spiro atoms. The van der Waals surface area contributed by atoms with Gasteiger partial charge in [0, 0.05) is 7.11 Å². The molecular formula is C42H72O13. The lowest BCUT2D eigenvalue weighted by Gasteiger charge is -2.58. The second-order valence-electron chi connectivity index (χ2n) is 19.0. The SMILES string of the molecule is CCC(CCC(C)C1C(OC2OC(C(O)CO)C(O)C2O)CC2=C3C(OC4OC(C(O)COC)C(O)C4O)CC4CC(O)CCC4(C)C3CCC21C)C(C)C. The predicted octanol–water partition coefficient (Wildman–Crippen LogP) is 2.41. The number of hydrogen-bond acceptors (Lipinski definition) is 13. The van der Waals surface area contributed by atoms with E-state index in [1.54, 1.807) is 0 Å². The van der Waals surface area contributed by atoms with Crippen LogP contribution in [0.2, 0.25) is 0 Å². The number of methoxy groups -OCH3 is 1. The van der Waals surface area contributed by atoms with Gasteiger partial charge in [-0.05, 0) is 103 Å². The van der Waals surface area contributed by atoms with Gasteiger partial charge in [0.05, 0.1) is 31.5 Å². The highest BCUT2D eigenvalue weighted by Gasteiger charge is 2.62. The summed E-state index contributed by atoms with van der Waals surface area (Å²) in [7, 11) is 1.44. The molecule has 2 aliphatic heterocycles.